The van der Waals surface area contributed by atoms with Crippen molar-refractivity contribution in [2.24, 2.45) is 5.92 Å². The number of aryl methyl sites for hydroxylation is 1. The lowest BCUT2D eigenvalue weighted by molar-refractivity contribution is -0.139. The average molecular weight is 523 g/mol. The number of carbonyl (C=O) groups excluding carboxylic acids is 2. The van der Waals surface area contributed by atoms with Gasteiger partial charge in [-0.15, -0.1) is 11.8 Å². The number of halogens is 1. The number of benzene rings is 3. The van der Waals surface area contributed by atoms with Crippen molar-refractivity contribution in [3.05, 3.63) is 106 Å². The lowest BCUT2D eigenvalue weighted by Crippen LogP contribution is -2.51. The lowest BCUT2D eigenvalue weighted by Gasteiger charge is -2.32. The van der Waals surface area contributed by atoms with Crippen molar-refractivity contribution in [2.75, 3.05) is 12.3 Å². The molecule has 1 N–H and O–H groups in total. The van der Waals surface area contributed by atoms with Gasteiger partial charge in [-0.2, -0.15) is 0 Å². The van der Waals surface area contributed by atoms with Crippen molar-refractivity contribution >= 4 is 35.2 Å². The van der Waals surface area contributed by atoms with Gasteiger partial charge in [-0.05, 0) is 41.7 Å². The Hall–Kier alpha value is -2.76. The van der Waals surface area contributed by atoms with E-state index in [4.69, 9.17) is 11.6 Å². The summed E-state index contributed by atoms with van der Waals surface area (Å²) in [7, 11) is 0. The van der Waals surface area contributed by atoms with E-state index in [0.717, 1.165) is 22.3 Å². The largest absolute Gasteiger partial charge is 0.354 e. The van der Waals surface area contributed by atoms with Crippen LogP contribution in [0, 0.1) is 12.8 Å². The minimum atomic E-state index is -0.606. The van der Waals surface area contributed by atoms with Crippen LogP contribution in [0.3, 0.4) is 0 Å². The third-order valence-corrected chi connectivity index (χ3v) is 7.00. The van der Waals surface area contributed by atoms with Gasteiger partial charge < -0.3 is 10.2 Å². The molecule has 0 fully saturated rings. The Balaban J connectivity index is 1.84. The molecule has 6 heteroatoms. The minimum absolute atomic E-state index is 0.0517. The van der Waals surface area contributed by atoms with E-state index in [1.807, 2.05) is 79.7 Å². The van der Waals surface area contributed by atoms with E-state index in [-0.39, 0.29) is 17.6 Å². The summed E-state index contributed by atoms with van der Waals surface area (Å²) < 4.78 is 0. The summed E-state index contributed by atoms with van der Waals surface area (Å²) in [5.41, 5.74) is 4.23. The second-order valence-electron chi connectivity index (χ2n) is 9.48. The maximum Gasteiger partial charge on any atom is 0.243 e. The van der Waals surface area contributed by atoms with Gasteiger partial charge in [0.1, 0.15) is 6.04 Å². The quantitative estimate of drug-likeness (QED) is 0.304. The van der Waals surface area contributed by atoms with Gasteiger partial charge in [0, 0.05) is 30.3 Å². The smallest absolute Gasteiger partial charge is 0.243 e. The molecule has 3 rings (SSSR count). The lowest BCUT2D eigenvalue weighted by atomic mass is 10.0. The highest BCUT2D eigenvalue weighted by Gasteiger charge is 2.30. The van der Waals surface area contributed by atoms with Gasteiger partial charge in [0.25, 0.3) is 0 Å². The Morgan fingerprint density at radius 3 is 2.31 bits per heavy atom. The van der Waals surface area contributed by atoms with Gasteiger partial charge in [0.15, 0.2) is 0 Å². The Kier molecular flexibility index (Phi) is 10.9. The number of amides is 2. The standard InChI is InChI=1S/C30H35ClN2O2S/c1-22(2)18-32-30(35)28(17-24-10-5-4-6-11-24)33(19-25-12-7-9-23(3)15-25)29(34)21-36-20-26-13-8-14-27(31)16-26/h4-16,22,28H,17-21H2,1-3H3,(H,32,35)/t28-/m1/s1. The molecule has 0 aliphatic carbocycles. The molecule has 190 valence electrons. The van der Waals surface area contributed by atoms with Crippen LogP contribution in [0.5, 0.6) is 0 Å². The van der Waals surface area contributed by atoms with Crippen molar-refractivity contribution in [1.29, 1.82) is 0 Å². The van der Waals surface area contributed by atoms with Crippen LogP contribution in [0.15, 0.2) is 78.9 Å². The molecule has 0 saturated carbocycles. The number of nitrogens with zero attached hydrogens (tertiary/aromatic N) is 1. The molecule has 4 nitrogen and oxygen atoms in total. The number of thioether (sulfide) groups is 1. The van der Waals surface area contributed by atoms with E-state index in [9.17, 15) is 9.59 Å². The second-order valence-corrected chi connectivity index (χ2v) is 10.9. The molecule has 0 unspecified atom stereocenters. The molecule has 0 aromatic heterocycles. The van der Waals surface area contributed by atoms with E-state index in [1.165, 1.54) is 11.8 Å². The molecule has 0 saturated heterocycles. The number of carbonyl (C=O) groups is 2. The monoisotopic (exact) mass is 522 g/mol. The number of nitrogens with one attached hydrogen (secondary N) is 1. The molecule has 3 aromatic carbocycles. The highest BCUT2D eigenvalue weighted by molar-refractivity contribution is 7.99. The highest BCUT2D eigenvalue weighted by atomic mass is 35.5. The first-order valence-electron chi connectivity index (χ1n) is 12.3. The maximum absolute atomic E-state index is 13.7. The summed E-state index contributed by atoms with van der Waals surface area (Å²) in [6.45, 7) is 7.11. The van der Waals surface area contributed by atoms with Crippen LogP contribution in [0.4, 0.5) is 0 Å². The van der Waals surface area contributed by atoms with Crippen LogP contribution in [-0.2, 0) is 28.3 Å². The Bertz CT molecular complexity index is 1140. The third kappa shape index (κ3) is 9.03. The molecular formula is C30H35ClN2O2S. The van der Waals surface area contributed by atoms with Crippen molar-refractivity contribution < 1.29 is 9.59 Å². The molecule has 0 aliphatic rings. The predicted octanol–water partition coefficient (Wildman–Crippen LogP) is 6.29. The summed E-state index contributed by atoms with van der Waals surface area (Å²) >= 11 is 7.65. The first-order chi connectivity index (χ1) is 17.3. The summed E-state index contributed by atoms with van der Waals surface area (Å²) in [5, 5.41) is 3.75. The fourth-order valence-electron chi connectivity index (χ4n) is 3.95. The van der Waals surface area contributed by atoms with Crippen molar-refractivity contribution in [3.8, 4) is 0 Å². The molecule has 2 amide bonds. The molecule has 3 aromatic rings. The molecule has 0 spiro atoms. The maximum atomic E-state index is 13.7. The summed E-state index contributed by atoms with van der Waals surface area (Å²) in [6, 6.07) is 25.1. The van der Waals surface area contributed by atoms with Crippen LogP contribution >= 0.6 is 23.4 Å². The number of hydrogen-bond acceptors (Lipinski definition) is 3. The van der Waals surface area contributed by atoms with Gasteiger partial charge in [0.2, 0.25) is 11.8 Å². The zero-order valence-corrected chi connectivity index (χ0v) is 22.8. The fourth-order valence-corrected chi connectivity index (χ4v) is 5.02. The average Bonchev–Trinajstić information content (AvgIpc) is 2.85. The highest BCUT2D eigenvalue weighted by Crippen LogP contribution is 2.20. The van der Waals surface area contributed by atoms with E-state index in [2.05, 4.69) is 25.2 Å². The topological polar surface area (TPSA) is 49.4 Å². The predicted molar refractivity (Wildman–Crippen MR) is 151 cm³/mol. The molecule has 0 bridgehead atoms. The number of rotatable bonds is 12. The first kappa shape index (κ1) is 27.8. The van der Waals surface area contributed by atoms with Crippen molar-refractivity contribution in [3.63, 3.8) is 0 Å². The van der Waals surface area contributed by atoms with Crippen LogP contribution in [-0.4, -0.2) is 35.1 Å². The Morgan fingerprint density at radius 1 is 0.917 bits per heavy atom. The van der Waals surface area contributed by atoms with Crippen LogP contribution < -0.4 is 5.32 Å². The Morgan fingerprint density at radius 2 is 1.61 bits per heavy atom. The molecular weight excluding hydrogens is 488 g/mol. The molecule has 0 heterocycles. The summed E-state index contributed by atoms with van der Waals surface area (Å²) in [4.78, 5) is 28.9. The second kappa shape index (κ2) is 14.1. The zero-order valence-electron chi connectivity index (χ0n) is 21.2. The van der Waals surface area contributed by atoms with Gasteiger partial charge in [-0.1, -0.05) is 97.7 Å². The Labute approximate surface area is 224 Å². The zero-order chi connectivity index (χ0) is 25.9. The SMILES string of the molecule is Cc1cccc(CN(C(=O)CSCc2cccc(Cl)c2)[C@H](Cc2ccccc2)C(=O)NCC(C)C)c1. The third-order valence-electron chi connectivity index (χ3n) is 5.77. The van der Waals surface area contributed by atoms with Crippen LogP contribution in [0.2, 0.25) is 5.02 Å². The van der Waals surface area contributed by atoms with Crippen LogP contribution in [0.25, 0.3) is 0 Å². The summed E-state index contributed by atoms with van der Waals surface area (Å²) in [5.74, 6) is 1.10. The minimum Gasteiger partial charge on any atom is -0.354 e. The molecule has 0 aliphatic heterocycles. The van der Waals surface area contributed by atoms with Gasteiger partial charge in [-0.25, -0.2) is 0 Å². The molecule has 0 radical (unpaired) electrons. The van der Waals surface area contributed by atoms with E-state index in [0.29, 0.717) is 36.2 Å². The molecule has 36 heavy (non-hydrogen) atoms. The first-order valence-corrected chi connectivity index (χ1v) is 13.8. The van der Waals surface area contributed by atoms with E-state index >= 15 is 0 Å². The van der Waals surface area contributed by atoms with E-state index < -0.39 is 6.04 Å². The van der Waals surface area contributed by atoms with Crippen molar-refractivity contribution in [1.82, 2.24) is 10.2 Å². The van der Waals surface area contributed by atoms with Crippen molar-refractivity contribution in [2.45, 2.75) is 45.5 Å². The normalized spacial score (nSPS) is 11.8. The van der Waals surface area contributed by atoms with Gasteiger partial charge in [0.05, 0.1) is 5.75 Å². The molecule has 1 atom stereocenters. The van der Waals surface area contributed by atoms with Gasteiger partial charge in [-0.3, -0.25) is 9.59 Å². The van der Waals surface area contributed by atoms with E-state index in [1.54, 1.807) is 4.90 Å². The van der Waals surface area contributed by atoms with Crippen LogP contribution in [0.1, 0.15) is 36.1 Å². The fraction of sp³-hybridized carbons (Fsp3) is 0.333. The summed E-state index contributed by atoms with van der Waals surface area (Å²) in [6.07, 6.45) is 0.460. The van der Waals surface area contributed by atoms with Gasteiger partial charge >= 0.3 is 0 Å². The number of hydrogen-bond donors (Lipinski definition) is 1.